The smallest absolute Gasteiger partial charge is 0.261 e. The van der Waals surface area contributed by atoms with Crippen molar-refractivity contribution < 1.29 is 18.4 Å². The first-order valence-corrected chi connectivity index (χ1v) is 9.30. The van der Waals surface area contributed by atoms with E-state index in [0.29, 0.717) is 17.1 Å². The standard InChI is InChI=1S/C21H20FN3O3/c22-18-10-3-2-9-17(18)21-23-20(24-28-21)15-7-6-8-16(13-15)27-14-19(26)25-11-4-1-5-12-25/h2-3,6-10,13H,1,4-5,11-12,14H2. The highest BCUT2D eigenvalue weighted by Crippen LogP contribution is 2.26. The van der Waals surface area contributed by atoms with Gasteiger partial charge in [0.2, 0.25) is 5.82 Å². The van der Waals surface area contributed by atoms with E-state index in [4.69, 9.17) is 9.26 Å². The molecule has 1 amide bonds. The second kappa shape index (κ2) is 8.21. The second-order valence-electron chi connectivity index (χ2n) is 6.66. The van der Waals surface area contributed by atoms with Gasteiger partial charge in [-0.3, -0.25) is 4.79 Å². The number of piperidine rings is 1. The van der Waals surface area contributed by atoms with Crippen molar-refractivity contribution in [3.05, 3.63) is 54.3 Å². The molecule has 2 heterocycles. The van der Waals surface area contributed by atoms with Gasteiger partial charge < -0.3 is 14.2 Å². The summed E-state index contributed by atoms with van der Waals surface area (Å²) in [7, 11) is 0. The van der Waals surface area contributed by atoms with Crippen molar-refractivity contribution >= 4 is 5.91 Å². The number of aromatic nitrogens is 2. The van der Waals surface area contributed by atoms with Gasteiger partial charge in [-0.05, 0) is 43.5 Å². The number of likely N-dealkylation sites (tertiary alicyclic amines) is 1. The van der Waals surface area contributed by atoms with Crippen LogP contribution in [0.4, 0.5) is 4.39 Å². The maximum absolute atomic E-state index is 13.9. The van der Waals surface area contributed by atoms with Crippen LogP contribution in [0.25, 0.3) is 22.8 Å². The molecule has 1 aliphatic rings. The Morgan fingerprint density at radius 1 is 1.11 bits per heavy atom. The molecular weight excluding hydrogens is 361 g/mol. The monoisotopic (exact) mass is 381 g/mol. The minimum Gasteiger partial charge on any atom is -0.484 e. The zero-order valence-electron chi connectivity index (χ0n) is 15.3. The predicted octanol–water partition coefficient (Wildman–Crippen LogP) is 3.93. The zero-order valence-corrected chi connectivity index (χ0v) is 15.3. The van der Waals surface area contributed by atoms with Crippen LogP contribution < -0.4 is 4.74 Å². The third-order valence-corrected chi connectivity index (χ3v) is 4.69. The first-order valence-electron chi connectivity index (χ1n) is 9.30. The molecule has 0 saturated carbocycles. The summed E-state index contributed by atoms with van der Waals surface area (Å²) in [6.45, 7) is 1.59. The fourth-order valence-electron chi connectivity index (χ4n) is 3.19. The van der Waals surface area contributed by atoms with Crippen molar-refractivity contribution in [1.82, 2.24) is 15.0 Å². The summed E-state index contributed by atoms with van der Waals surface area (Å²) < 4.78 is 24.8. The number of benzene rings is 2. The lowest BCUT2D eigenvalue weighted by molar-refractivity contribution is -0.134. The summed E-state index contributed by atoms with van der Waals surface area (Å²) in [6, 6.07) is 13.3. The quantitative estimate of drug-likeness (QED) is 0.670. The second-order valence-corrected chi connectivity index (χ2v) is 6.66. The Balaban J connectivity index is 1.45. The average Bonchev–Trinajstić information content (AvgIpc) is 3.23. The highest BCUT2D eigenvalue weighted by atomic mass is 19.1. The van der Waals surface area contributed by atoms with Gasteiger partial charge in [0.25, 0.3) is 11.8 Å². The normalized spacial score (nSPS) is 14.1. The van der Waals surface area contributed by atoms with Crippen LogP contribution in [0.3, 0.4) is 0 Å². The minimum absolute atomic E-state index is 0.00380. The van der Waals surface area contributed by atoms with Gasteiger partial charge >= 0.3 is 0 Å². The number of hydrogen-bond acceptors (Lipinski definition) is 5. The van der Waals surface area contributed by atoms with E-state index in [0.717, 1.165) is 25.9 Å². The zero-order chi connectivity index (χ0) is 19.3. The molecule has 0 aliphatic carbocycles. The Hall–Kier alpha value is -3.22. The van der Waals surface area contributed by atoms with E-state index in [1.165, 1.54) is 12.5 Å². The van der Waals surface area contributed by atoms with Gasteiger partial charge in [-0.25, -0.2) is 4.39 Å². The molecule has 4 rings (SSSR count). The van der Waals surface area contributed by atoms with E-state index in [1.807, 2.05) is 4.90 Å². The maximum atomic E-state index is 13.9. The van der Waals surface area contributed by atoms with Crippen LogP contribution in [-0.4, -0.2) is 40.6 Å². The Bertz CT molecular complexity index is 967. The summed E-state index contributed by atoms with van der Waals surface area (Å²) in [5.74, 6) is 0.545. The number of amides is 1. The molecule has 0 bridgehead atoms. The van der Waals surface area contributed by atoms with Gasteiger partial charge in [0.05, 0.1) is 5.56 Å². The van der Waals surface area contributed by atoms with Gasteiger partial charge in [-0.2, -0.15) is 4.98 Å². The van der Waals surface area contributed by atoms with Gasteiger partial charge in [0.1, 0.15) is 11.6 Å². The van der Waals surface area contributed by atoms with E-state index in [9.17, 15) is 9.18 Å². The first-order chi connectivity index (χ1) is 13.7. The van der Waals surface area contributed by atoms with Crippen molar-refractivity contribution in [2.24, 2.45) is 0 Å². The molecule has 0 radical (unpaired) electrons. The molecule has 0 N–H and O–H groups in total. The average molecular weight is 381 g/mol. The molecule has 3 aromatic rings. The summed E-state index contributed by atoms with van der Waals surface area (Å²) >= 11 is 0. The van der Waals surface area contributed by atoms with Gasteiger partial charge in [0.15, 0.2) is 6.61 Å². The largest absolute Gasteiger partial charge is 0.484 e. The molecule has 7 heteroatoms. The number of carbonyl (C=O) groups excluding carboxylic acids is 1. The summed E-state index contributed by atoms with van der Waals surface area (Å²) in [5, 5.41) is 3.93. The van der Waals surface area contributed by atoms with Crippen LogP contribution >= 0.6 is 0 Å². The molecule has 1 aliphatic heterocycles. The SMILES string of the molecule is O=C(COc1cccc(-c2noc(-c3ccccc3F)n2)c1)N1CCCCC1. The Labute approximate surface area is 161 Å². The van der Waals surface area contributed by atoms with E-state index >= 15 is 0 Å². The van der Waals surface area contributed by atoms with Gasteiger partial charge in [-0.1, -0.05) is 29.4 Å². The third kappa shape index (κ3) is 4.03. The van der Waals surface area contributed by atoms with Crippen LogP contribution in [-0.2, 0) is 4.79 Å². The van der Waals surface area contributed by atoms with Crippen molar-refractivity contribution in [2.75, 3.05) is 19.7 Å². The van der Waals surface area contributed by atoms with Crippen molar-refractivity contribution in [3.63, 3.8) is 0 Å². The van der Waals surface area contributed by atoms with E-state index in [1.54, 1.807) is 42.5 Å². The lowest BCUT2D eigenvalue weighted by Crippen LogP contribution is -2.38. The number of carbonyl (C=O) groups is 1. The number of halogens is 1. The molecule has 28 heavy (non-hydrogen) atoms. The van der Waals surface area contributed by atoms with E-state index in [-0.39, 0.29) is 24.0 Å². The molecule has 2 aromatic carbocycles. The molecule has 0 atom stereocenters. The van der Waals surface area contributed by atoms with E-state index < -0.39 is 5.82 Å². The lowest BCUT2D eigenvalue weighted by Gasteiger charge is -2.26. The molecule has 1 saturated heterocycles. The van der Waals surface area contributed by atoms with Crippen molar-refractivity contribution in [1.29, 1.82) is 0 Å². The molecule has 0 unspecified atom stereocenters. The summed E-state index contributed by atoms with van der Waals surface area (Å²) in [4.78, 5) is 18.4. The maximum Gasteiger partial charge on any atom is 0.261 e. The molecular formula is C21H20FN3O3. The topological polar surface area (TPSA) is 68.5 Å². The van der Waals surface area contributed by atoms with Crippen LogP contribution in [0.1, 0.15) is 19.3 Å². The summed E-state index contributed by atoms with van der Waals surface area (Å²) in [6.07, 6.45) is 3.26. The Morgan fingerprint density at radius 2 is 1.93 bits per heavy atom. The minimum atomic E-state index is -0.425. The number of rotatable bonds is 5. The fraction of sp³-hybridized carbons (Fsp3) is 0.286. The highest BCUT2D eigenvalue weighted by Gasteiger charge is 2.17. The van der Waals surface area contributed by atoms with Crippen molar-refractivity contribution in [2.45, 2.75) is 19.3 Å². The fourth-order valence-corrected chi connectivity index (χ4v) is 3.19. The molecule has 0 spiro atoms. The van der Waals surface area contributed by atoms with Gasteiger partial charge in [-0.15, -0.1) is 0 Å². The van der Waals surface area contributed by atoms with E-state index in [2.05, 4.69) is 10.1 Å². The van der Waals surface area contributed by atoms with Crippen LogP contribution in [0.2, 0.25) is 0 Å². The molecule has 1 aromatic heterocycles. The van der Waals surface area contributed by atoms with Crippen LogP contribution in [0.5, 0.6) is 5.75 Å². The van der Waals surface area contributed by atoms with Crippen LogP contribution in [0, 0.1) is 5.82 Å². The number of hydrogen-bond donors (Lipinski definition) is 0. The number of nitrogens with zero attached hydrogens (tertiary/aromatic N) is 3. The Morgan fingerprint density at radius 3 is 2.75 bits per heavy atom. The Kier molecular flexibility index (Phi) is 5.32. The lowest BCUT2D eigenvalue weighted by atomic mass is 10.1. The number of ether oxygens (including phenoxy) is 1. The summed E-state index contributed by atoms with van der Waals surface area (Å²) in [5.41, 5.74) is 0.912. The molecule has 6 nitrogen and oxygen atoms in total. The molecule has 144 valence electrons. The van der Waals surface area contributed by atoms with Crippen molar-refractivity contribution in [3.8, 4) is 28.6 Å². The highest BCUT2D eigenvalue weighted by molar-refractivity contribution is 5.78. The first kappa shape index (κ1) is 18.2. The van der Waals surface area contributed by atoms with Crippen LogP contribution in [0.15, 0.2) is 53.1 Å². The van der Waals surface area contributed by atoms with Gasteiger partial charge in [0, 0.05) is 18.7 Å². The predicted molar refractivity (Wildman–Crippen MR) is 101 cm³/mol. The third-order valence-electron chi connectivity index (χ3n) is 4.69. The molecule has 1 fully saturated rings.